The van der Waals surface area contributed by atoms with Crippen molar-refractivity contribution in [3.63, 3.8) is 0 Å². The van der Waals surface area contributed by atoms with Crippen LogP contribution in [0.3, 0.4) is 0 Å². The number of benzene rings is 2. The van der Waals surface area contributed by atoms with Crippen LogP contribution < -0.4 is 66.2 Å². The number of allylic oxidation sites excluding steroid dienone is 1. The number of fused-ring (bicyclic) bond motifs is 1. The molecule has 10 heteroatoms. The van der Waals surface area contributed by atoms with Crippen LogP contribution in [0.5, 0.6) is 6.01 Å². The smallest absolute Gasteiger partial charge is 0.496 e. The van der Waals surface area contributed by atoms with E-state index in [9.17, 15) is 4.39 Å². The Morgan fingerprint density at radius 1 is 1.16 bits per heavy atom. The largest absolute Gasteiger partial charge is 1.00 e. The minimum atomic E-state index is -0.181. The summed E-state index contributed by atoms with van der Waals surface area (Å²) in [5.41, 5.74) is 1.48. The van der Waals surface area contributed by atoms with Crippen molar-refractivity contribution in [2.24, 2.45) is 0 Å². The third-order valence-corrected chi connectivity index (χ3v) is 4.93. The minimum Gasteiger partial charge on any atom is -0.496 e. The molecule has 6 nitrogen and oxygen atoms in total. The Kier molecular flexibility index (Phi) is 34.8. The molecule has 43 heavy (non-hydrogen) atoms. The molecule has 0 aliphatic carbocycles. The van der Waals surface area contributed by atoms with Crippen LogP contribution in [0.2, 0.25) is 0 Å². The number of hydrogen-bond donors (Lipinski definition) is 0. The Balaban J connectivity index is -0.000000317. The average Bonchev–Trinajstić information content (AvgIpc) is 2.99. The topological polar surface area (TPSA) is 79.1 Å². The molecule has 2 aromatic carbocycles. The summed E-state index contributed by atoms with van der Waals surface area (Å²) in [5, 5.41) is 10.1. The summed E-state index contributed by atoms with van der Waals surface area (Å²) in [5.74, 6) is 0.538. The minimum absolute atomic E-state index is 0. The monoisotopic (exact) mass is 562 g/mol. The number of nitrogens with zero attached hydrogens (tertiary/aromatic N) is 4. The van der Waals surface area contributed by atoms with Crippen LogP contribution >= 0.6 is 0 Å². The number of aromatic nitrogens is 2. The van der Waals surface area contributed by atoms with Crippen LogP contribution in [-0.4, -0.2) is 36.0 Å². The third-order valence-electron chi connectivity index (χ3n) is 4.93. The van der Waals surface area contributed by atoms with Crippen LogP contribution in [-0.2, 0) is 11.2 Å². The first-order valence-corrected chi connectivity index (χ1v) is 12.7. The fraction of sp³-hybridized carbons (Fsp3) is 0.242. The van der Waals surface area contributed by atoms with Crippen molar-refractivity contribution in [1.82, 2.24) is 9.97 Å². The Morgan fingerprint density at radius 2 is 1.81 bits per heavy atom. The molecule has 218 valence electrons. The number of nitriles is 1. The Labute approximate surface area is 295 Å². The maximum atomic E-state index is 13.0. The standard InChI is InChI=1S/C18H24N4O.C10H6F.C3H3O.C2H5.3Li/c1-5-8-11-14-23-18-20-15(4)16(6-2)17(21-18)22(7-3)13-10-9-12-19;11-10-7-3-5-8-4-1-2-6-9(8)10;1-2-3-4;1-2;;;/h10-11H,1-9,13-14H2;1-4,6-7H;2H,1H2;1H2,2H3;;;/q-6;3*-1;3*+1. The number of carbonyl (C=O) groups excluding carboxylic acids is 1. The van der Waals surface area contributed by atoms with Crippen molar-refractivity contribution in [2.45, 2.75) is 32.6 Å². The second-order valence-corrected chi connectivity index (χ2v) is 7.54. The SMILES string of the molecule is C=C[C-]=O.Fc1cc[c-]c2ccccc12.[CH2-]C.[CH2-]CC[CH-]COc1nc([CH2-])c(C[CH2-])c(N(C[CH2-])C[CH-]CC#N)n1.[Li+].[Li+].[Li+]. The molecule has 3 rings (SSSR count). The van der Waals surface area contributed by atoms with Gasteiger partial charge in [-0.05, 0) is 12.9 Å². The molecule has 0 N–H and O–H groups in total. The Hall–Kier alpha value is -2.13. The van der Waals surface area contributed by atoms with Crippen LogP contribution in [0.15, 0.2) is 49.1 Å². The van der Waals surface area contributed by atoms with Crippen molar-refractivity contribution >= 4 is 22.9 Å². The molecule has 0 unspecified atom stereocenters. The van der Waals surface area contributed by atoms with Crippen LogP contribution in [0.1, 0.15) is 37.4 Å². The molecule has 1 heterocycles. The molecular weight excluding hydrogens is 524 g/mol. The molecule has 0 saturated heterocycles. The van der Waals surface area contributed by atoms with Crippen molar-refractivity contribution in [2.75, 3.05) is 24.6 Å². The fourth-order valence-electron chi connectivity index (χ4n) is 3.12. The van der Waals surface area contributed by atoms with Gasteiger partial charge in [-0.15, -0.1) is 48.8 Å². The molecule has 0 radical (unpaired) electrons. The van der Waals surface area contributed by atoms with Crippen molar-refractivity contribution in [3.05, 3.63) is 120 Å². The van der Waals surface area contributed by atoms with Gasteiger partial charge >= 0.3 is 62.6 Å². The number of ether oxygens (including phenoxy) is 1. The summed E-state index contributed by atoms with van der Waals surface area (Å²) in [6.45, 7) is 25.2. The van der Waals surface area contributed by atoms with Gasteiger partial charge in [0, 0.05) is 17.7 Å². The van der Waals surface area contributed by atoms with Gasteiger partial charge in [-0.1, -0.05) is 29.6 Å². The van der Waals surface area contributed by atoms with E-state index in [1.165, 1.54) is 12.4 Å². The second kappa shape index (κ2) is 31.3. The first kappa shape index (κ1) is 47.8. The van der Waals surface area contributed by atoms with Gasteiger partial charge in [-0.3, -0.25) is 12.8 Å². The first-order chi connectivity index (χ1) is 19.5. The summed E-state index contributed by atoms with van der Waals surface area (Å²) >= 11 is 0. The summed E-state index contributed by atoms with van der Waals surface area (Å²) in [6, 6.07) is 15.6. The van der Waals surface area contributed by atoms with Crippen LogP contribution in [0, 0.1) is 70.7 Å². The zero-order valence-electron chi connectivity index (χ0n) is 26.4. The zero-order chi connectivity index (χ0) is 30.2. The van der Waals surface area contributed by atoms with Gasteiger partial charge in [0.1, 0.15) is 0 Å². The Bertz CT molecular complexity index is 1170. The van der Waals surface area contributed by atoms with Crippen LogP contribution in [0.25, 0.3) is 10.8 Å². The molecule has 3 aromatic rings. The maximum Gasteiger partial charge on any atom is 1.00 e. The predicted octanol–water partition coefficient (Wildman–Crippen LogP) is -2.10. The quantitative estimate of drug-likeness (QED) is 0.109. The molecule has 0 aliphatic heterocycles. The second-order valence-electron chi connectivity index (χ2n) is 7.54. The van der Waals surface area contributed by atoms with Gasteiger partial charge in [-0.25, -0.2) is 53.5 Å². The molecule has 0 bridgehead atoms. The van der Waals surface area contributed by atoms with E-state index in [2.05, 4.69) is 63.3 Å². The van der Waals surface area contributed by atoms with Gasteiger partial charge in [-0.2, -0.15) is 17.5 Å². The molecule has 0 saturated carbocycles. The van der Waals surface area contributed by atoms with E-state index in [0.717, 1.165) is 35.7 Å². The van der Waals surface area contributed by atoms with Gasteiger partial charge in [0.15, 0.2) is 0 Å². The fourth-order valence-corrected chi connectivity index (χ4v) is 3.12. The van der Waals surface area contributed by atoms with Gasteiger partial charge in [0.2, 0.25) is 0 Å². The number of halogens is 1. The van der Waals surface area contributed by atoms with Crippen molar-refractivity contribution in [1.29, 1.82) is 5.26 Å². The van der Waals surface area contributed by atoms with Gasteiger partial charge in [0.05, 0.1) is 0 Å². The summed E-state index contributed by atoms with van der Waals surface area (Å²) in [6.07, 6.45) is 9.01. The normalized spacial score (nSPS) is 8.77. The number of rotatable bonds is 12. The zero-order valence-corrected chi connectivity index (χ0v) is 26.4. The van der Waals surface area contributed by atoms with Gasteiger partial charge in [0.25, 0.3) is 0 Å². The number of hydrogen-bond acceptors (Lipinski definition) is 6. The van der Waals surface area contributed by atoms with E-state index in [1.807, 2.05) is 35.9 Å². The third kappa shape index (κ3) is 19.0. The molecule has 1 aromatic heterocycles. The van der Waals surface area contributed by atoms with E-state index in [1.54, 1.807) is 19.1 Å². The Morgan fingerprint density at radius 3 is 2.35 bits per heavy atom. The summed E-state index contributed by atoms with van der Waals surface area (Å²) in [4.78, 5) is 19.7. The van der Waals surface area contributed by atoms with E-state index in [4.69, 9.17) is 14.8 Å². The first-order valence-electron chi connectivity index (χ1n) is 12.7. The average molecular weight is 563 g/mol. The number of anilines is 1. The van der Waals surface area contributed by atoms with E-state index >= 15 is 0 Å². The molecular formula is C33H38FLi3N4O2-6. The van der Waals surface area contributed by atoms with Crippen molar-refractivity contribution in [3.8, 4) is 12.1 Å². The van der Waals surface area contributed by atoms with E-state index in [-0.39, 0.29) is 62.4 Å². The molecule has 0 aliphatic rings. The van der Waals surface area contributed by atoms with E-state index < -0.39 is 0 Å². The maximum absolute atomic E-state index is 13.0. The van der Waals surface area contributed by atoms with Crippen molar-refractivity contribution < 1.29 is 70.5 Å². The molecule has 0 amide bonds. The van der Waals surface area contributed by atoms with Gasteiger partial charge < -0.3 is 42.1 Å². The summed E-state index contributed by atoms with van der Waals surface area (Å²) in [7, 11) is 0. The molecule has 0 atom stereocenters. The van der Waals surface area contributed by atoms with Crippen LogP contribution in [0.4, 0.5) is 10.2 Å². The van der Waals surface area contributed by atoms with E-state index in [0.29, 0.717) is 49.6 Å². The summed E-state index contributed by atoms with van der Waals surface area (Å²) < 4.78 is 18.5. The molecule has 0 spiro atoms. The number of unbranched alkanes of at least 4 members (excludes halogenated alkanes) is 3. The predicted molar refractivity (Wildman–Crippen MR) is 162 cm³/mol. The molecule has 0 fully saturated rings.